The van der Waals surface area contributed by atoms with Crippen LogP contribution >= 0.6 is 0 Å². The van der Waals surface area contributed by atoms with Gasteiger partial charge in [-0.05, 0) is 79.2 Å². The molecule has 2 heterocycles. The van der Waals surface area contributed by atoms with E-state index in [9.17, 15) is 0 Å². The van der Waals surface area contributed by atoms with Crippen molar-refractivity contribution >= 4 is 65.4 Å². The van der Waals surface area contributed by atoms with E-state index in [1.54, 1.807) is 0 Å². The zero-order chi connectivity index (χ0) is 32.8. The van der Waals surface area contributed by atoms with E-state index in [-0.39, 0.29) is 11.8 Å². The van der Waals surface area contributed by atoms with Gasteiger partial charge in [-0.15, -0.1) is 0 Å². The normalized spacial score (nSPS) is 15.6. The van der Waals surface area contributed by atoms with Crippen molar-refractivity contribution in [1.82, 2.24) is 0 Å². The summed E-state index contributed by atoms with van der Waals surface area (Å²) in [6, 6.07) is 61.5. The zero-order valence-electron chi connectivity index (χ0n) is 27.1. The zero-order valence-corrected chi connectivity index (χ0v) is 27.1. The second kappa shape index (κ2) is 10.6. The maximum atomic E-state index is 6.63. The third-order valence-corrected chi connectivity index (χ3v) is 10.9. The van der Waals surface area contributed by atoms with E-state index < -0.39 is 0 Å². The lowest BCUT2D eigenvalue weighted by molar-refractivity contribution is 0.645. The first-order chi connectivity index (χ1) is 24.8. The lowest BCUT2D eigenvalue weighted by Crippen LogP contribution is -2.22. The smallest absolute Gasteiger partial charge is 0.207 e. The Morgan fingerprint density at radius 3 is 0.940 bits per heavy atom. The summed E-state index contributed by atoms with van der Waals surface area (Å²) >= 11 is 0. The van der Waals surface area contributed by atoms with Crippen molar-refractivity contribution in [1.29, 1.82) is 0 Å². The van der Waals surface area contributed by atoms with Crippen LogP contribution in [0.25, 0.3) is 76.5 Å². The Kier molecular flexibility index (Phi) is 5.82. The molecule has 2 atom stereocenters. The minimum Gasteiger partial charge on any atom is -0.207 e. The van der Waals surface area contributed by atoms with E-state index in [0.29, 0.717) is 0 Å². The SMILES string of the molecule is c1ccc2c3c(ccc2c1)[C@H](c1c2ccccc2[o+]c2ccccc12)[C@@H](c1c2ccccc2[o+]c2ccccc12)c1ccc2ccccc2c1-3. The summed E-state index contributed by atoms with van der Waals surface area (Å²) in [5.41, 5.74) is 11.4. The molecule has 0 N–H and O–H groups in total. The predicted molar refractivity (Wildman–Crippen MR) is 207 cm³/mol. The second-order valence-corrected chi connectivity index (χ2v) is 13.5. The quantitative estimate of drug-likeness (QED) is 0.139. The van der Waals surface area contributed by atoms with Gasteiger partial charge in [0.2, 0.25) is 0 Å². The second-order valence-electron chi connectivity index (χ2n) is 13.5. The molecule has 0 radical (unpaired) electrons. The largest absolute Gasteiger partial charge is 0.361 e. The van der Waals surface area contributed by atoms with Crippen molar-refractivity contribution < 1.29 is 8.83 Å². The molecule has 0 saturated carbocycles. The summed E-state index contributed by atoms with van der Waals surface area (Å²) in [4.78, 5) is 0. The van der Waals surface area contributed by atoms with Crippen molar-refractivity contribution in [2.75, 3.05) is 0 Å². The van der Waals surface area contributed by atoms with Gasteiger partial charge in [-0.1, -0.05) is 121 Å². The summed E-state index contributed by atoms with van der Waals surface area (Å²) in [5, 5.41) is 9.59. The van der Waals surface area contributed by atoms with Crippen LogP contribution in [-0.4, -0.2) is 0 Å². The lowest BCUT2D eigenvalue weighted by atomic mass is 9.63. The van der Waals surface area contributed by atoms with Crippen LogP contribution in [0.5, 0.6) is 0 Å². The fourth-order valence-electron chi connectivity index (χ4n) is 8.97. The summed E-state index contributed by atoms with van der Waals surface area (Å²) in [6.45, 7) is 0. The average molecular weight is 639 g/mol. The molecule has 50 heavy (non-hydrogen) atoms. The first-order valence-electron chi connectivity index (χ1n) is 17.3. The van der Waals surface area contributed by atoms with E-state index in [4.69, 9.17) is 8.83 Å². The molecule has 0 amide bonds. The monoisotopic (exact) mass is 638 g/mol. The van der Waals surface area contributed by atoms with Crippen molar-refractivity contribution in [3.63, 3.8) is 0 Å². The molecule has 1 aliphatic rings. The molecular formula is C48H30O2+2. The van der Waals surface area contributed by atoms with Crippen LogP contribution in [0.2, 0.25) is 0 Å². The molecule has 2 heteroatoms. The molecule has 0 bridgehead atoms. The van der Waals surface area contributed by atoms with Crippen molar-refractivity contribution in [2.24, 2.45) is 0 Å². The standard InChI is InChI=1S/C48H30O2/c1-3-15-31-29(13-1)25-27-37-43(31)44-32-16-4-2-14-30(32)26-28-38(44)48(46-35-19-7-11-23-41(35)50-42-24-12-8-20-36(42)46)47(37)45-33-17-5-9-21-39(33)49-40-22-10-6-18-34(40)45/h1-28,47-48H/q+2/t47-,48-/m1/s1. The van der Waals surface area contributed by atoms with Gasteiger partial charge in [-0.25, -0.2) is 8.83 Å². The Bertz CT molecular complexity index is 2700. The van der Waals surface area contributed by atoms with Crippen LogP contribution in [0.3, 0.4) is 0 Å². The Morgan fingerprint density at radius 2 is 0.580 bits per heavy atom. The fraction of sp³-hybridized carbons (Fsp3) is 0.0417. The molecule has 10 aromatic rings. The molecule has 11 rings (SSSR count). The maximum absolute atomic E-state index is 6.63. The Labute approximate surface area is 288 Å². The van der Waals surface area contributed by atoms with Crippen LogP contribution in [0.15, 0.2) is 179 Å². The lowest BCUT2D eigenvalue weighted by Gasteiger charge is -2.38. The van der Waals surface area contributed by atoms with Gasteiger partial charge < -0.3 is 0 Å². The number of benzene rings is 8. The van der Waals surface area contributed by atoms with Gasteiger partial charge in [0.15, 0.2) is 0 Å². The third kappa shape index (κ3) is 3.85. The predicted octanol–water partition coefficient (Wildman–Crippen LogP) is 13.3. The van der Waals surface area contributed by atoms with Crippen LogP contribution in [0.4, 0.5) is 0 Å². The molecule has 232 valence electrons. The maximum Gasteiger partial charge on any atom is 0.361 e. The molecular weight excluding hydrogens is 609 g/mol. The molecule has 0 spiro atoms. The highest BCUT2D eigenvalue weighted by molar-refractivity contribution is 6.11. The molecule has 8 aromatic carbocycles. The van der Waals surface area contributed by atoms with Crippen LogP contribution in [0.1, 0.15) is 34.1 Å². The van der Waals surface area contributed by atoms with Crippen LogP contribution < -0.4 is 0 Å². The number of hydrogen-bond donors (Lipinski definition) is 0. The van der Waals surface area contributed by atoms with Gasteiger partial charge in [-0.2, -0.15) is 0 Å². The molecule has 0 aliphatic heterocycles. The Hall–Kier alpha value is -6.38. The third-order valence-electron chi connectivity index (χ3n) is 10.9. The van der Waals surface area contributed by atoms with E-state index in [1.807, 2.05) is 0 Å². The Balaban J connectivity index is 1.41. The molecule has 0 unspecified atom stereocenters. The summed E-state index contributed by atoms with van der Waals surface area (Å²) in [6.07, 6.45) is 0. The van der Waals surface area contributed by atoms with E-state index >= 15 is 0 Å². The number of para-hydroxylation sites is 4. The average Bonchev–Trinajstić information content (AvgIpc) is 3.18. The molecule has 0 fully saturated rings. The van der Waals surface area contributed by atoms with Gasteiger partial charge in [0.25, 0.3) is 0 Å². The molecule has 0 saturated heterocycles. The number of hydrogen-bond acceptors (Lipinski definition) is 0. The van der Waals surface area contributed by atoms with E-state index in [1.165, 1.54) is 54.9 Å². The number of fused-ring (bicyclic) bond motifs is 11. The summed E-state index contributed by atoms with van der Waals surface area (Å²) < 4.78 is 13.3. The first kappa shape index (κ1) is 27.6. The van der Waals surface area contributed by atoms with Crippen molar-refractivity contribution in [3.8, 4) is 11.1 Å². The fourth-order valence-corrected chi connectivity index (χ4v) is 8.97. The molecule has 2 aromatic heterocycles. The van der Waals surface area contributed by atoms with E-state index in [0.717, 1.165) is 43.9 Å². The highest BCUT2D eigenvalue weighted by Gasteiger charge is 2.42. The molecule has 2 nitrogen and oxygen atoms in total. The summed E-state index contributed by atoms with van der Waals surface area (Å²) in [5.74, 6) is -0.104. The van der Waals surface area contributed by atoms with Crippen molar-refractivity contribution in [2.45, 2.75) is 11.8 Å². The minimum absolute atomic E-state index is 0.0521. The highest BCUT2D eigenvalue weighted by atomic mass is 16.3. The van der Waals surface area contributed by atoms with Gasteiger partial charge in [0.05, 0.1) is 21.5 Å². The topological polar surface area (TPSA) is 22.6 Å². The van der Waals surface area contributed by atoms with Crippen LogP contribution in [0, 0.1) is 0 Å². The highest BCUT2D eigenvalue weighted by Crippen LogP contribution is 2.59. The first-order valence-corrected chi connectivity index (χ1v) is 17.3. The minimum atomic E-state index is -0.0521. The van der Waals surface area contributed by atoms with E-state index in [2.05, 4.69) is 170 Å². The van der Waals surface area contributed by atoms with Crippen molar-refractivity contribution in [3.05, 3.63) is 192 Å². The summed E-state index contributed by atoms with van der Waals surface area (Å²) in [7, 11) is 0. The molecule has 1 aliphatic carbocycles. The Morgan fingerprint density at radius 1 is 0.280 bits per heavy atom. The van der Waals surface area contributed by atoms with Gasteiger partial charge in [0, 0.05) is 36.1 Å². The van der Waals surface area contributed by atoms with Gasteiger partial charge in [-0.3, -0.25) is 0 Å². The van der Waals surface area contributed by atoms with Crippen LogP contribution in [-0.2, 0) is 0 Å². The van der Waals surface area contributed by atoms with Gasteiger partial charge in [0.1, 0.15) is 0 Å². The number of rotatable bonds is 2. The van der Waals surface area contributed by atoms with Gasteiger partial charge >= 0.3 is 22.3 Å².